The van der Waals surface area contributed by atoms with Gasteiger partial charge in [-0.05, 0) is 36.8 Å². The number of amides is 1. The Morgan fingerprint density at radius 2 is 1.86 bits per heavy atom. The summed E-state index contributed by atoms with van der Waals surface area (Å²) >= 11 is 3.37. The molecule has 1 heterocycles. The lowest BCUT2D eigenvalue weighted by Gasteiger charge is -2.12. The third-order valence-corrected chi connectivity index (χ3v) is 3.91. The molecule has 0 saturated heterocycles. The van der Waals surface area contributed by atoms with Gasteiger partial charge in [0.2, 0.25) is 0 Å². The third kappa shape index (κ3) is 3.16. The first-order valence-electron chi connectivity index (χ1n) is 6.84. The molecule has 1 aliphatic heterocycles. The molecule has 4 heteroatoms. The van der Waals surface area contributed by atoms with Crippen LogP contribution in [0.1, 0.15) is 22.3 Å². The van der Waals surface area contributed by atoms with Crippen LogP contribution in [0.4, 0.5) is 5.69 Å². The fraction of sp³-hybridized carbons (Fsp3) is 0.118. The molecule has 0 aromatic heterocycles. The number of carbonyl (C=O) groups excluding carboxylic acids is 1. The number of carbonyl (C=O) groups is 1. The predicted octanol–water partition coefficient (Wildman–Crippen LogP) is 4.04. The second-order valence-electron chi connectivity index (χ2n) is 4.84. The van der Waals surface area contributed by atoms with Gasteiger partial charge < -0.3 is 10.6 Å². The SMILES string of the molecule is O=C(Nc1ccccc1C1=CCCN1)c1ccc(Br)cc1. The Bertz CT molecular complexity index is 692. The molecule has 3 rings (SSSR count). The minimum absolute atomic E-state index is 0.103. The van der Waals surface area contributed by atoms with Crippen molar-refractivity contribution in [3.05, 3.63) is 70.2 Å². The predicted molar refractivity (Wildman–Crippen MR) is 89.1 cm³/mol. The van der Waals surface area contributed by atoms with Crippen molar-refractivity contribution in [1.82, 2.24) is 5.32 Å². The molecule has 21 heavy (non-hydrogen) atoms. The van der Waals surface area contributed by atoms with Crippen LogP contribution in [0.2, 0.25) is 0 Å². The van der Waals surface area contributed by atoms with Crippen LogP contribution in [-0.2, 0) is 0 Å². The number of anilines is 1. The number of halogens is 1. The van der Waals surface area contributed by atoms with E-state index in [1.807, 2.05) is 36.4 Å². The monoisotopic (exact) mass is 342 g/mol. The Hall–Kier alpha value is -2.07. The lowest BCUT2D eigenvalue weighted by molar-refractivity contribution is 0.102. The van der Waals surface area contributed by atoms with Gasteiger partial charge in [-0.25, -0.2) is 0 Å². The summed E-state index contributed by atoms with van der Waals surface area (Å²) in [7, 11) is 0. The maximum absolute atomic E-state index is 12.3. The van der Waals surface area contributed by atoms with Crippen molar-refractivity contribution in [1.29, 1.82) is 0 Å². The molecular weight excluding hydrogens is 328 g/mol. The molecule has 3 nitrogen and oxygen atoms in total. The van der Waals surface area contributed by atoms with E-state index in [-0.39, 0.29) is 5.91 Å². The first-order valence-corrected chi connectivity index (χ1v) is 7.64. The average Bonchev–Trinajstić information content (AvgIpc) is 3.02. The van der Waals surface area contributed by atoms with Gasteiger partial charge >= 0.3 is 0 Å². The first kappa shape index (κ1) is 13.9. The van der Waals surface area contributed by atoms with Crippen molar-refractivity contribution in [3.8, 4) is 0 Å². The molecule has 106 valence electrons. The summed E-state index contributed by atoms with van der Waals surface area (Å²) < 4.78 is 0.958. The maximum atomic E-state index is 12.3. The molecule has 0 spiro atoms. The van der Waals surface area contributed by atoms with Crippen molar-refractivity contribution in [2.45, 2.75) is 6.42 Å². The summed E-state index contributed by atoms with van der Waals surface area (Å²) in [6.45, 7) is 0.949. The Labute approximate surface area is 132 Å². The Morgan fingerprint density at radius 1 is 1.10 bits per heavy atom. The zero-order chi connectivity index (χ0) is 14.7. The van der Waals surface area contributed by atoms with E-state index in [4.69, 9.17) is 0 Å². The lowest BCUT2D eigenvalue weighted by atomic mass is 10.1. The van der Waals surface area contributed by atoms with Gasteiger partial charge in [-0.15, -0.1) is 0 Å². The van der Waals surface area contributed by atoms with Crippen LogP contribution in [0.25, 0.3) is 5.70 Å². The molecule has 1 amide bonds. The lowest BCUT2D eigenvalue weighted by Crippen LogP contribution is -2.14. The second kappa shape index (κ2) is 6.14. The topological polar surface area (TPSA) is 41.1 Å². The van der Waals surface area contributed by atoms with E-state index in [9.17, 15) is 4.79 Å². The van der Waals surface area contributed by atoms with E-state index in [2.05, 4.69) is 32.6 Å². The fourth-order valence-electron chi connectivity index (χ4n) is 2.32. The van der Waals surface area contributed by atoms with Crippen LogP contribution in [0.15, 0.2) is 59.1 Å². The summed E-state index contributed by atoms with van der Waals surface area (Å²) in [5, 5.41) is 6.33. The number of para-hydroxylation sites is 1. The molecule has 0 radical (unpaired) electrons. The maximum Gasteiger partial charge on any atom is 0.255 e. The van der Waals surface area contributed by atoms with Crippen LogP contribution < -0.4 is 10.6 Å². The van der Waals surface area contributed by atoms with E-state index in [1.54, 1.807) is 12.1 Å². The largest absolute Gasteiger partial charge is 0.384 e. The molecule has 0 bridgehead atoms. The molecule has 0 saturated carbocycles. The van der Waals surface area contributed by atoms with Crippen LogP contribution in [0.5, 0.6) is 0 Å². The minimum atomic E-state index is -0.103. The van der Waals surface area contributed by atoms with Crippen molar-refractivity contribution >= 4 is 33.2 Å². The summed E-state index contributed by atoms with van der Waals surface area (Å²) in [6.07, 6.45) is 3.18. The molecule has 0 aliphatic carbocycles. The standard InChI is InChI=1S/C17H15BrN2O/c18-13-9-7-12(8-10-13)17(21)20-16-5-2-1-4-14(16)15-6-3-11-19-15/h1-2,4-10,19H,3,11H2,(H,20,21). The van der Waals surface area contributed by atoms with Crippen molar-refractivity contribution in [3.63, 3.8) is 0 Å². The van der Waals surface area contributed by atoms with E-state index in [1.165, 1.54) is 0 Å². The zero-order valence-electron chi connectivity index (χ0n) is 11.4. The van der Waals surface area contributed by atoms with Gasteiger partial charge in [-0.1, -0.05) is 40.2 Å². The highest BCUT2D eigenvalue weighted by Gasteiger charge is 2.13. The Balaban J connectivity index is 1.84. The smallest absolute Gasteiger partial charge is 0.255 e. The van der Waals surface area contributed by atoms with Gasteiger partial charge in [-0.3, -0.25) is 4.79 Å². The average molecular weight is 343 g/mol. The quantitative estimate of drug-likeness (QED) is 0.883. The van der Waals surface area contributed by atoms with Crippen LogP contribution in [0, 0.1) is 0 Å². The Morgan fingerprint density at radius 3 is 2.57 bits per heavy atom. The molecule has 0 fully saturated rings. The molecule has 2 aromatic rings. The molecule has 2 aromatic carbocycles. The van der Waals surface area contributed by atoms with Gasteiger partial charge in [0, 0.05) is 27.8 Å². The molecule has 1 aliphatic rings. The number of hydrogen-bond donors (Lipinski definition) is 2. The van der Waals surface area contributed by atoms with Gasteiger partial charge in [0.15, 0.2) is 0 Å². The van der Waals surface area contributed by atoms with Gasteiger partial charge in [0.05, 0.1) is 5.69 Å². The fourth-order valence-corrected chi connectivity index (χ4v) is 2.59. The van der Waals surface area contributed by atoms with Gasteiger partial charge in [0.25, 0.3) is 5.91 Å². The minimum Gasteiger partial charge on any atom is -0.384 e. The van der Waals surface area contributed by atoms with Crippen LogP contribution in [-0.4, -0.2) is 12.5 Å². The number of rotatable bonds is 3. The normalized spacial score (nSPS) is 13.5. The number of hydrogen-bond acceptors (Lipinski definition) is 2. The Kier molecular flexibility index (Phi) is 4.06. The van der Waals surface area contributed by atoms with E-state index >= 15 is 0 Å². The van der Waals surface area contributed by atoms with E-state index in [0.717, 1.165) is 34.4 Å². The molecule has 2 N–H and O–H groups in total. The highest BCUT2D eigenvalue weighted by molar-refractivity contribution is 9.10. The van der Waals surface area contributed by atoms with Crippen molar-refractivity contribution in [2.24, 2.45) is 0 Å². The molecule has 0 unspecified atom stereocenters. The van der Waals surface area contributed by atoms with Crippen molar-refractivity contribution in [2.75, 3.05) is 11.9 Å². The summed E-state index contributed by atoms with van der Waals surface area (Å²) in [5.41, 5.74) is 3.58. The van der Waals surface area contributed by atoms with E-state index in [0.29, 0.717) is 5.56 Å². The first-order chi connectivity index (χ1) is 10.2. The molecule has 0 atom stereocenters. The third-order valence-electron chi connectivity index (χ3n) is 3.38. The van der Waals surface area contributed by atoms with Gasteiger partial charge in [0.1, 0.15) is 0 Å². The van der Waals surface area contributed by atoms with Crippen LogP contribution in [0.3, 0.4) is 0 Å². The second-order valence-corrected chi connectivity index (χ2v) is 5.76. The zero-order valence-corrected chi connectivity index (χ0v) is 13.0. The highest BCUT2D eigenvalue weighted by atomic mass is 79.9. The number of nitrogens with one attached hydrogen (secondary N) is 2. The number of benzene rings is 2. The van der Waals surface area contributed by atoms with Crippen molar-refractivity contribution < 1.29 is 4.79 Å². The highest BCUT2D eigenvalue weighted by Crippen LogP contribution is 2.25. The summed E-state index contributed by atoms with van der Waals surface area (Å²) in [6, 6.07) is 15.2. The summed E-state index contributed by atoms with van der Waals surface area (Å²) in [4.78, 5) is 12.3. The van der Waals surface area contributed by atoms with Gasteiger partial charge in [-0.2, -0.15) is 0 Å². The molecular formula is C17H15BrN2O. The summed E-state index contributed by atoms with van der Waals surface area (Å²) in [5.74, 6) is -0.103. The van der Waals surface area contributed by atoms with Crippen LogP contribution >= 0.6 is 15.9 Å². The van der Waals surface area contributed by atoms with E-state index < -0.39 is 0 Å².